The molecule has 0 spiro atoms. The molecule has 134 valence electrons. The van der Waals surface area contributed by atoms with Crippen LogP contribution in [0.15, 0.2) is 0 Å². The molecule has 0 aliphatic rings. The number of rotatable bonds is 6. The first-order valence-corrected chi connectivity index (χ1v) is 7.73. The molecule has 0 rings (SSSR count). The molecule has 0 fully saturated rings. The zero-order valence-corrected chi connectivity index (χ0v) is 15.4. The Kier molecular flexibility index (Phi) is 8.06. The Morgan fingerprint density at radius 2 is 1.65 bits per heavy atom. The van der Waals surface area contributed by atoms with Crippen LogP contribution in [0.3, 0.4) is 0 Å². The van der Waals surface area contributed by atoms with Crippen molar-refractivity contribution in [3.05, 3.63) is 0 Å². The van der Waals surface area contributed by atoms with Crippen LogP contribution in [0.5, 0.6) is 0 Å². The maximum Gasteiger partial charge on any atom is 0.408 e. The van der Waals surface area contributed by atoms with Crippen molar-refractivity contribution >= 4 is 18.0 Å². The number of ether oxygens (including phenoxy) is 2. The van der Waals surface area contributed by atoms with Gasteiger partial charge >= 0.3 is 12.1 Å². The summed E-state index contributed by atoms with van der Waals surface area (Å²) in [6.45, 7) is 10.7. The summed E-state index contributed by atoms with van der Waals surface area (Å²) < 4.78 is 9.89. The average Bonchev–Trinajstić information content (AvgIpc) is 2.39. The molecule has 7 heteroatoms. The minimum Gasteiger partial charge on any atom is -0.467 e. The van der Waals surface area contributed by atoms with Gasteiger partial charge in [-0.3, -0.25) is 4.79 Å². The summed E-state index contributed by atoms with van der Waals surface area (Å²) in [6, 6.07) is -1.50. The molecule has 23 heavy (non-hydrogen) atoms. The molecule has 0 aromatic heterocycles. The first kappa shape index (κ1) is 21.2. The number of esters is 1. The fraction of sp³-hybridized carbons (Fsp3) is 0.812. The number of likely N-dealkylation sites (N-methyl/N-ethyl adjacent to an activating group) is 1. The zero-order chi connectivity index (χ0) is 18.4. The lowest BCUT2D eigenvalue weighted by atomic mass is 10.0. The number of methoxy groups -OCH3 is 1. The minimum atomic E-state index is -0.811. The van der Waals surface area contributed by atoms with E-state index in [0.29, 0.717) is 6.42 Å². The monoisotopic (exact) mass is 330 g/mol. The normalized spacial score (nSPS) is 14.0. The van der Waals surface area contributed by atoms with Crippen LogP contribution in [0.25, 0.3) is 0 Å². The Morgan fingerprint density at radius 1 is 1.13 bits per heavy atom. The molecule has 0 saturated carbocycles. The quantitative estimate of drug-likeness (QED) is 0.752. The molecule has 2 atom stereocenters. The summed E-state index contributed by atoms with van der Waals surface area (Å²) in [5.41, 5.74) is -0.648. The van der Waals surface area contributed by atoms with Gasteiger partial charge in [0, 0.05) is 7.05 Å². The van der Waals surface area contributed by atoms with E-state index in [4.69, 9.17) is 9.47 Å². The van der Waals surface area contributed by atoms with Gasteiger partial charge in [0.2, 0.25) is 5.91 Å². The van der Waals surface area contributed by atoms with Gasteiger partial charge in [0.05, 0.1) is 7.11 Å². The van der Waals surface area contributed by atoms with Crippen LogP contribution in [0.4, 0.5) is 4.79 Å². The predicted octanol–water partition coefficient (Wildman–Crippen LogP) is 1.95. The van der Waals surface area contributed by atoms with Crippen LogP contribution in [0.2, 0.25) is 0 Å². The van der Waals surface area contributed by atoms with Crippen molar-refractivity contribution in [1.82, 2.24) is 10.2 Å². The van der Waals surface area contributed by atoms with Gasteiger partial charge in [-0.25, -0.2) is 9.59 Å². The number of alkyl carbamates (subject to hydrolysis) is 1. The van der Waals surface area contributed by atoms with Gasteiger partial charge in [-0.1, -0.05) is 13.8 Å². The lowest BCUT2D eigenvalue weighted by Crippen LogP contribution is -2.52. The van der Waals surface area contributed by atoms with E-state index in [2.05, 4.69) is 5.32 Å². The minimum absolute atomic E-state index is 0.212. The highest BCUT2D eigenvalue weighted by molar-refractivity contribution is 5.89. The second kappa shape index (κ2) is 8.74. The van der Waals surface area contributed by atoms with Crippen molar-refractivity contribution in [3.63, 3.8) is 0 Å². The molecule has 1 N–H and O–H groups in total. The SMILES string of the molecule is COC(=O)[C@H](CC(C)C)N(C)C(=O)[C@H](C)NC(=O)OC(C)(C)C. The summed E-state index contributed by atoms with van der Waals surface area (Å²) in [5.74, 6) is -0.644. The third-order valence-corrected chi connectivity index (χ3v) is 3.09. The van der Waals surface area contributed by atoms with Crippen LogP contribution >= 0.6 is 0 Å². The molecule has 0 heterocycles. The molecule has 0 aliphatic heterocycles. The summed E-state index contributed by atoms with van der Waals surface area (Å²) in [6.07, 6.45) is -0.195. The fourth-order valence-electron chi connectivity index (χ4n) is 2.00. The van der Waals surface area contributed by atoms with Crippen molar-refractivity contribution < 1.29 is 23.9 Å². The Balaban J connectivity index is 4.88. The van der Waals surface area contributed by atoms with Crippen molar-refractivity contribution in [2.75, 3.05) is 14.2 Å². The van der Waals surface area contributed by atoms with Gasteiger partial charge in [0.1, 0.15) is 17.7 Å². The Hall–Kier alpha value is -1.79. The number of carbonyl (C=O) groups excluding carboxylic acids is 3. The van der Waals surface area contributed by atoms with Gasteiger partial charge in [0.25, 0.3) is 0 Å². The lowest BCUT2D eigenvalue weighted by Gasteiger charge is -2.30. The second-order valence-electron chi connectivity index (χ2n) is 6.99. The van der Waals surface area contributed by atoms with Gasteiger partial charge in [-0.15, -0.1) is 0 Å². The largest absolute Gasteiger partial charge is 0.467 e. The van der Waals surface area contributed by atoms with Crippen LogP contribution < -0.4 is 5.32 Å². The van der Waals surface area contributed by atoms with Crippen molar-refractivity contribution in [2.24, 2.45) is 5.92 Å². The molecular weight excluding hydrogens is 300 g/mol. The lowest BCUT2D eigenvalue weighted by molar-refractivity contribution is -0.153. The Labute approximate surface area is 138 Å². The Morgan fingerprint density at radius 3 is 2.04 bits per heavy atom. The number of nitrogens with one attached hydrogen (secondary N) is 1. The highest BCUT2D eigenvalue weighted by atomic mass is 16.6. The highest BCUT2D eigenvalue weighted by Crippen LogP contribution is 2.13. The average molecular weight is 330 g/mol. The number of amides is 2. The molecule has 0 aromatic carbocycles. The van der Waals surface area contributed by atoms with Gasteiger partial charge in [-0.05, 0) is 40.0 Å². The van der Waals surface area contributed by atoms with E-state index in [0.717, 1.165) is 0 Å². The second-order valence-corrected chi connectivity index (χ2v) is 6.99. The molecule has 0 radical (unpaired) electrons. The van der Waals surface area contributed by atoms with Gasteiger partial charge in [0.15, 0.2) is 0 Å². The predicted molar refractivity (Wildman–Crippen MR) is 86.9 cm³/mol. The number of carbonyl (C=O) groups is 3. The third-order valence-electron chi connectivity index (χ3n) is 3.09. The molecule has 0 unspecified atom stereocenters. The molecular formula is C16H30N2O5. The topological polar surface area (TPSA) is 84.9 Å². The maximum absolute atomic E-state index is 12.4. The first-order valence-electron chi connectivity index (χ1n) is 7.73. The number of hydrogen-bond donors (Lipinski definition) is 1. The molecule has 0 saturated heterocycles. The Bertz CT molecular complexity index is 429. The molecule has 0 bridgehead atoms. The van der Waals surface area contributed by atoms with E-state index in [1.165, 1.54) is 19.1 Å². The molecule has 7 nitrogen and oxygen atoms in total. The third kappa shape index (κ3) is 7.85. The molecule has 2 amide bonds. The fourth-order valence-corrected chi connectivity index (χ4v) is 2.00. The van der Waals surface area contributed by atoms with Gasteiger partial charge < -0.3 is 19.7 Å². The first-order chi connectivity index (χ1) is 10.4. The summed E-state index contributed by atoms with van der Waals surface area (Å²) >= 11 is 0. The highest BCUT2D eigenvalue weighted by Gasteiger charge is 2.31. The van der Waals surface area contributed by atoms with Crippen LogP contribution in [-0.4, -0.2) is 54.7 Å². The zero-order valence-electron chi connectivity index (χ0n) is 15.4. The smallest absolute Gasteiger partial charge is 0.408 e. The van der Waals surface area contributed by atoms with E-state index in [1.807, 2.05) is 13.8 Å². The van der Waals surface area contributed by atoms with E-state index in [1.54, 1.807) is 27.7 Å². The van der Waals surface area contributed by atoms with Crippen molar-refractivity contribution in [3.8, 4) is 0 Å². The standard InChI is InChI=1S/C16H30N2O5/c1-10(2)9-12(14(20)22-8)18(7)13(19)11(3)17-15(21)23-16(4,5)6/h10-12H,9H2,1-8H3,(H,17,21)/t11-,12-/m0/s1. The summed E-state index contributed by atoms with van der Waals surface area (Å²) in [4.78, 5) is 37.4. The van der Waals surface area contributed by atoms with Crippen LogP contribution in [0.1, 0.15) is 48.0 Å². The van der Waals surface area contributed by atoms with Crippen LogP contribution in [0, 0.1) is 5.92 Å². The molecule has 0 aromatic rings. The van der Waals surface area contributed by atoms with E-state index < -0.39 is 29.7 Å². The van der Waals surface area contributed by atoms with Gasteiger partial charge in [-0.2, -0.15) is 0 Å². The van der Waals surface area contributed by atoms with Crippen molar-refractivity contribution in [2.45, 2.75) is 65.6 Å². The summed E-state index contributed by atoms with van der Waals surface area (Å²) in [5, 5.41) is 2.48. The van der Waals surface area contributed by atoms with Crippen LogP contribution in [-0.2, 0) is 19.1 Å². The van der Waals surface area contributed by atoms with Crippen molar-refractivity contribution in [1.29, 1.82) is 0 Å². The van der Waals surface area contributed by atoms with E-state index in [-0.39, 0.29) is 11.8 Å². The molecule has 0 aliphatic carbocycles. The van der Waals surface area contributed by atoms with E-state index in [9.17, 15) is 14.4 Å². The summed E-state index contributed by atoms with van der Waals surface area (Å²) in [7, 11) is 2.82. The van der Waals surface area contributed by atoms with E-state index >= 15 is 0 Å². The number of hydrogen-bond acceptors (Lipinski definition) is 5. The number of nitrogens with zero attached hydrogens (tertiary/aromatic N) is 1. The maximum atomic E-state index is 12.4.